The van der Waals surface area contributed by atoms with Gasteiger partial charge in [0.2, 0.25) is 11.8 Å². The molecule has 0 saturated heterocycles. The van der Waals surface area contributed by atoms with Crippen molar-refractivity contribution in [2.75, 3.05) is 19.0 Å². The van der Waals surface area contributed by atoms with Gasteiger partial charge < -0.3 is 14.8 Å². The topological polar surface area (TPSA) is 107 Å². The highest BCUT2D eigenvalue weighted by Gasteiger charge is 2.25. The molecule has 1 unspecified atom stereocenters. The van der Waals surface area contributed by atoms with Crippen molar-refractivity contribution >= 4 is 22.7 Å². The van der Waals surface area contributed by atoms with Gasteiger partial charge in [0, 0.05) is 30.2 Å². The van der Waals surface area contributed by atoms with E-state index in [0.29, 0.717) is 35.2 Å². The van der Waals surface area contributed by atoms with E-state index in [2.05, 4.69) is 20.1 Å². The fourth-order valence-electron chi connectivity index (χ4n) is 4.22. The van der Waals surface area contributed by atoms with E-state index in [1.165, 1.54) is 19.4 Å². The number of halogens is 1. The summed E-state index contributed by atoms with van der Waals surface area (Å²) in [5.41, 5.74) is 3.28. The number of fused-ring (bicyclic) bond motifs is 2. The lowest BCUT2D eigenvalue weighted by atomic mass is 9.97. The molecule has 1 aliphatic carbocycles. The molecule has 0 fully saturated rings. The van der Waals surface area contributed by atoms with Gasteiger partial charge in [0.1, 0.15) is 10.7 Å². The Labute approximate surface area is 191 Å². The number of carbonyl (C=O) groups excluding carboxylic acids is 1. The molecule has 0 bridgehead atoms. The number of hydrogen-bond donors (Lipinski definition) is 2. The SMILES string of the molecule is COc1cc(-c2ccc3c(c2NC(=O)NS(=O)c2cnn4c2OCCC4)CCC3)c(F)cn1. The predicted octanol–water partition coefficient (Wildman–Crippen LogP) is 3.21. The number of aryl methyl sites for hydroxylation is 2. The molecule has 0 spiro atoms. The van der Waals surface area contributed by atoms with E-state index in [0.717, 1.165) is 43.0 Å². The Bertz CT molecular complexity index is 1260. The van der Waals surface area contributed by atoms with Crippen LogP contribution in [0.15, 0.2) is 35.5 Å². The predicted molar refractivity (Wildman–Crippen MR) is 119 cm³/mol. The van der Waals surface area contributed by atoms with Crippen LogP contribution < -0.4 is 19.5 Å². The minimum Gasteiger partial charge on any atom is -0.481 e. The van der Waals surface area contributed by atoms with E-state index in [1.807, 2.05) is 6.07 Å². The van der Waals surface area contributed by atoms with Gasteiger partial charge in [0.15, 0.2) is 11.0 Å². The normalized spacial score (nSPS) is 15.2. The molecule has 0 radical (unpaired) electrons. The summed E-state index contributed by atoms with van der Waals surface area (Å²) < 4.78 is 42.3. The summed E-state index contributed by atoms with van der Waals surface area (Å²) in [7, 11) is -0.427. The standard InChI is InChI=1S/C22H22FN5O4S/c1-31-19-10-16(17(23)11-24-19)15-7-6-13-4-2-5-14(13)20(15)26-22(29)27-33(30)18-12-25-28-8-3-9-32-21(18)28/h6-7,10-12H,2-5,8-9H2,1H3,(H2,26,27,29). The van der Waals surface area contributed by atoms with Crippen LogP contribution in [0.4, 0.5) is 14.9 Å². The number of hydrogen-bond acceptors (Lipinski definition) is 6. The molecule has 2 N–H and O–H groups in total. The molecule has 2 amide bonds. The Kier molecular flexibility index (Phi) is 5.71. The highest BCUT2D eigenvalue weighted by atomic mass is 32.2. The quantitative estimate of drug-likeness (QED) is 0.592. The molecule has 0 saturated carbocycles. The largest absolute Gasteiger partial charge is 0.481 e. The van der Waals surface area contributed by atoms with Crippen LogP contribution in [0.3, 0.4) is 0 Å². The molecule has 9 nitrogen and oxygen atoms in total. The number of aromatic nitrogens is 3. The monoisotopic (exact) mass is 471 g/mol. The number of ether oxygens (including phenoxy) is 2. The minimum atomic E-state index is -1.88. The van der Waals surface area contributed by atoms with Crippen molar-refractivity contribution in [3.8, 4) is 22.9 Å². The summed E-state index contributed by atoms with van der Waals surface area (Å²) in [6.07, 6.45) is 5.89. The molecule has 33 heavy (non-hydrogen) atoms. The number of nitrogens with zero attached hydrogens (tertiary/aromatic N) is 3. The van der Waals surface area contributed by atoms with Gasteiger partial charge >= 0.3 is 6.03 Å². The van der Waals surface area contributed by atoms with E-state index in [-0.39, 0.29) is 11.4 Å². The Hall–Kier alpha value is -3.47. The molecule has 11 heteroatoms. The first kappa shape index (κ1) is 21.4. The Balaban J connectivity index is 1.44. The summed E-state index contributed by atoms with van der Waals surface area (Å²) in [5.74, 6) is 0.117. The van der Waals surface area contributed by atoms with E-state index in [9.17, 15) is 13.4 Å². The average molecular weight is 472 g/mol. The van der Waals surface area contributed by atoms with Crippen molar-refractivity contribution < 1.29 is 22.9 Å². The molecule has 1 aliphatic heterocycles. The maximum absolute atomic E-state index is 14.7. The van der Waals surface area contributed by atoms with Gasteiger partial charge in [-0.15, -0.1) is 0 Å². The Morgan fingerprint density at radius 3 is 2.97 bits per heavy atom. The molecule has 2 aromatic heterocycles. The number of rotatable bonds is 5. The maximum Gasteiger partial charge on any atom is 0.331 e. The second-order valence-corrected chi connectivity index (χ2v) is 8.93. The summed E-state index contributed by atoms with van der Waals surface area (Å²) in [4.78, 5) is 17.1. The molecular formula is C22H22FN5O4S. The summed E-state index contributed by atoms with van der Waals surface area (Å²) >= 11 is 0. The smallest absolute Gasteiger partial charge is 0.331 e. The van der Waals surface area contributed by atoms with Crippen molar-refractivity contribution in [3.63, 3.8) is 0 Å². The van der Waals surface area contributed by atoms with Crippen LogP contribution in [0.5, 0.6) is 11.8 Å². The highest BCUT2D eigenvalue weighted by Crippen LogP contribution is 2.39. The van der Waals surface area contributed by atoms with Gasteiger partial charge in [-0.3, -0.25) is 4.72 Å². The molecule has 3 aromatic rings. The first-order valence-corrected chi connectivity index (χ1v) is 11.7. The molecule has 3 heterocycles. The molecular weight excluding hydrogens is 449 g/mol. The van der Waals surface area contributed by atoms with Crippen LogP contribution in [0, 0.1) is 5.82 Å². The van der Waals surface area contributed by atoms with E-state index in [1.54, 1.807) is 10.7 Å². The first-order chi connectivity index (χ1) is 16.0. The fourth-order valence-corrected chi connectivity index (χ4v) is 5.02. The summed E-state index contributed by atoms with van der Waals surface area (Å²) in [5, 5.41) is 6.97. The van der Waals surface area contributed by atoms with E-state index < -0.39 is 22.8 Å². The van der Waals surface area contributed by atoms with Crippen LogP contribution in [0.25, 0.3) is 11.1 Å². The van der Waals surface area contributed by atoms with Crippen LogP contribution in [0.1, 0.15) is 24.0 Å². The van der Waals surface area contributed by atoms with Gasteiger partial charge in [-0.1, -0.05) is 12.1 Å². The molecule has 1 atom stereocenters. The maximum atomic E-state index is 14.7. The zero-order valence-corrected chi connectivity index (χ0v) is 18.7. The van der Waals surface area contributed by atoms with E-state index in [4.69, 9.17) is 9.47 Å². The molecule has 1 aromatic carbocycles. The lowest BCUT2D eigenvalue weighted by Gasteiger charge is -2.18. The third-order valence-electron chi connectivity index (χ3n) is 5.75. The second kappa shape index (κ2) is 8.81. The third-order valence-corrected chi connectivity index (χ3v) is 6.80. The lowest BCUT2D eigenvalue weighted by molar-refractivity contribution is 0.224. The second-order valence-electron chi connectivity index (χ2n) is 7.75. The minimum absolute atomic E-state index is 0.257. The molecule has 2 aliphatic rings. The number of amides is 2. The fraction of sp³-hybridized carbons (Fsp3) is 0.318. The van der Waals surface area contributed by atoms with E-state index >= 15 is 0 Å². The van der Waals surface area contributed by atoms with Crippen molar-refractivity contribution in [3.05, 3.63) is 47.5 Å². The van der Waals surface area contributed by atoms with Gasteiger partial charge in [0.25, 0.3) is 0 Å². The zero-order valence-electron chi connectivity index (χ0n) is 17.9. The first-order valence-electron chi connectivity index (χ1n) is 10.6. The zero-order chi connectivity index (χ0) is 22.9. The van der Waals surface area contributed by atoms with Crippen molar-refractivity contribution in [2.45, 2.75) is 37.1 Å². The summed E-state index contributed by atoms with van der Waals surface area (Å²) in [6.45, 7) is 1.17. The Morgan fingerprint density at radius 2 is 2.12 bits per heavy atom. The van der Waals surface area contributed by atoms with Crippen LogP contribution in [-0.2, 0) is 30.4 Å². The van der Waals surface area contributed by atoms with Crippen molar-refractivity contribution in [1.29, 1.82) is 0 Å². The number of nitrogens with one attached hydrogen (secondary N) is 2. The number of urea groups is 1. The van der Waals surface area contributed by atoms with Crippen LogP contribution in [0.2, 0.25) is 0 Å². The van der Waals surface area contributed by atoms with Crippen molar-refractivity contribution in [1.82, 2.24) is 19.5 Å². The molecule has 5 rings (SSSR count). The number of benzene rings is 1. The molecule has 172 valence electrons. The third kappa shape index (κ3) is 4.04. The van der Waals surface area contributed by atoms with Crippen LogP contribution >= 0.6 is 0 Å². The van der Waals surface area contributed by atoms with Gasteiger partial charge in [0.05, 0.1) is 31.8 Å². The Morgan fingerprint density at radius 1 is 1.24 bits per heavy atom. The lowest BCUT2D eigenvalue weighted by Crippen LogP contribution is -2.31. The summed E-state index contributed by atoms with van der Waals surface area (Å²) in [6, 6.07) is 4.54. The average Bonchev–Trinajstić information content (AvgIpc) is 3.47. The highest BCUT2D eigenvalue weighted by molar-refractivity contribution is 7.83. The van der Waals surface area contributed by atoms with Gasteiger partial charge in [-0.05, 0) is 30.4 Å². The van der Waals surface area contributed by atoms with Gasteiger partial charge in [-0.25, -0.2) is 23.1 Å². The number of anilines is 1. The van der Waals surface area contributed by atoms with Gasteiger partial charge in [-0.2, -0.15) is 5.10 Å². The van der Waals surface area contributed by atoms with Crippen molar-refractivity contribution in [2.24, 2.45) is 0 Å². The number of methoxy groups -OCH3 is 1. The number of carbonyl (C=O) groups is 1. The number of pyridine rings is 1. The van der Waals surface area contributed by atoms with Crippen LogP contribution in [-0.4, -0.2) is 38.7 Å².